The Morgan fingerprint density at radius 1 is 1.24 bits per heavy atom. The van der Waals surface area contributed by atoms with Crippen LogP contribution in [-0.2, 0) is 11.3 Å². The third-order valence-electron chi connectivity index (χ3n) is 4.73. The number of likely N-dealkylation sites (N-methyl/N-ethyl adjacent to an activating group) is 1. The van der Waals surface area contributed by atoms with Gasteiger partial charge in [0.15, 0.2) is 0 Å². The quantitative estimate of drug-likeness (QED) is 0.787. The molecule has 0 N–H and O–H groups in total. The normalized spacial score (nSPS) is 18.0. The molecule has 1 fully saturated rings. The van der Waals surface area contributed by atoms with Crippen LogP contribution in [0.5, 0.6) is 0 Å². The summed E-state index contributed by atoms with van der Waals surface area (Å²) in [6.07, 6.45) is 9.20. The molecule has 1 amide bonds. The van der Waals surface area contributed by atoms with Crippen LogP contribution in [0, 0.1) is 0 Å². The Morgan fingerprint density at radius 3 is 2.76 bits per heavy atom. The van der Waals surface area contributed by atoms with E-state index in [0.717, 1.165) is 38.0 Å². The maximum atomic E-state index is 12.5. The number of carbonyl (C=O) groups is 1. The van der Waals surface area contributed by atoms with E-state index in [4.69, 9.17) is 0 Å². The monoisotopic (exact) mass is 335 g/mol. The summed E-state index contributed by atoms with van der Waals surface area (Å²) in [5, 5.41) is 0. The van der Waals surface area contributed by atoms with Gasteiger partial charge in [0.25, 0.3) is 0 Å². The molecule has 1 aliphatic heterocycles. The van der Waals surface area contributed by atoms with E-state index in [0.29, 0.717) is 6.04 Å². The first-order valence-electron chi connectivity index (χ1n) is 8.83. The van der Waals surface area contributed by atoms with Crippen LogP contribution in [0.1, 0.15) is 24.0 Å². The smallest absolute Gasteiger partial charge is 0.246 e. The van der Waals surface area contributed by atoms with Crippen molar-refractivity contribution in [2.45, 2.75) is 25.4 Å². The highest BCUT2D eigenvalue weighted by Crippen LogP contribution is 2.17. The molecule has 0 radical (unpaired) electrons. The molecule has 2 aromatic rings. The second kappa shape index (κ2) is 8.58. The van der Waals surface area contributed by atoms with Gasteiger partial charge in [-0.3, -0.25) is 14.7 Å². The molecular formula is C21H25N3O. The molecule has 4 nitrogen and oxygen atoms in total. The lowest BCUT2D eigenvalue weighted by atomic mass is 10.0. The number of carbonyl (C=O) groups excluding carboxylic acids is 1. The van der Waals surface area contributed by atoms with Crippen LogP contribution < -0.4 is 0 Å². The van der Waals surface area contributed by atoms with Gasteiger partial charge in [-0.15, -0.1) is 0 Å². The Hall–Kier alpha value is -2.46. The summed E-state index contributed by atoms with van der Waals surface area (Å²) in [5.41, 5.74) is 2.31. The minimum absolute atomic E-state index is 0.0922. The first-order chi connectivity index (χ1) is 12.2. The van der Waals surface area contributed by atoms with Crippen molar-refractivity contribution in [2.75, 3.05) is 20.1 Å². The van der Waals surface area contributed by atoms with Crippen LogP contribution in [-0.4, -0.2) is 46.9 Å². The molecule has 130 valence electrons. The summed E-state index contributed by atoms with van der Waals surface area (Å²) in [7, 11) is 2.15. The fourth-order valence-corrected chi connectivity index (χ4v) is 3.26. The molecular weight excluding hydrogens is 310 g/mol. The van der Waals surface area contributed by atoms with Crippen LogP contribution >= 0.6 is 0 Å². The molecule has 25 heavy (non-hydrogen) atoms. The molecule has 3 rings (SSSR count). The fraction of sp³-hybridized carbons (Fsp3) is 0.333. The predicted octanol–water partition coefficient (Wildman–Crippen LogP) is 3.22. The number of hydrogen-bond acceptors (Lipinski definition) is 3. The zero-order valence-electron chi connectivity index (χ0n) is 14.7. The minimum atomic E-state index is 0.0922. The van der Waals surface area contributed by atoms with E-state index >= 15 is 0 Å². The molecule has 1 atom stereocenters. The van der Waals surface area contributed by atoms with Gasteiger partial charge < -0.3 is 4.90 Å². The molecule has 0 bridgehead atoms. The van der Waals surface area contributed by atoms with Crippen molar-refractivity contribution in [3.8, 4) is 0 Å². The molecule has 1 aliphatic rings. The third kappa shape index (κ3) is 5.00. The van der Waals surface area contributed by atoms with Gasteiger partial charge in [0.2, 0.25) is 5.91 Å². The Bertz CT molecular complexity index is 700. The summed E-state index contributed by atoms with van der Waals surface area (Å²) in [6.45, 7) is 2.55. The summed E-state index contributed by atoms with van der Waals surface area (Å²) >= 11 is 0. The number of nitrogens with zero attached hydrogens (tertiary/aromatic N) is 3. The molecule has 2 heterocycles. The van der Waals surface area contributed by atoms with Crippen LogP contribution in [0.25, 0.3) is 6.08 Å². The predicted molar refractivity (Wildman–Crippen MR) is 101 cm³/mol. The molecule has 1 aromatic heterocycles. The standard InChI is InChI=1S/C21H25N3O/c1-23(16-19-6-3-2-4-7-19)20-8-5-15-24(17-20)21(25)10-9-18-11-13-22-14-12-18/h2-4,6-7,9-14,20H,5,8,15-17H2,1H3/b10-9+. The summed E-state index contributed by atoms with van der Waals surface area (Å²) < 4.78 is 0. The number of rotatable bonds is 5. The second-order valence-electron chi connectivity index (χ2n) is 6.59. The van der Waals surface area contributed by atoms with E-state index < -0.39 is 0 Å². The largest absolute Gasteiger partial charge is 0.338 e. The van der Waals surface area contributed by atoms with Crippen LogP contribution in [0.15, 0.2) is 60.9 Å². The maximum Gasteiger partial charge on any atom is 0.246 e. The van der Waals surface area contributed by atoms with Gasteiger partial charge in [-0.05, 0) is 49.2 Å². The van der Waals surface area contributed by atoms with Gasteiger partial charge in [-0.25, -0.2) is 0 Å². The van der Waals surface area contributed by atoms with E-state index in [1.54, 1.807) is 18.5 Å². The van der Waals surface area contributed by atoms with Gasteiger partial charge in [0, 0.05) is 44.1 Å². The van der Waals surface area contributed by atoms with E-state index in [1.165, 1.54) is 5.56 Å². The highest BCUT2D eigenvalue weighted by atomic mass is 16.2. The lowest BCUT2D eigenvalue weighted by Gasteiger charge is -2.37. The van der Waals surface area contributed by atoms with E-state index in [-0.39, 0.29) is 5.91 Å². The SMILES string of the molecule is CN(Cc1ccccc1)C1CCCN(C(=O)/C=C/c2ccncc2)C1. The Morgan fingerprint density at radius 2 is 2.00 bits per heavy atom. The number of amides is 1. The van der Waals surface area contributed by atoms with Gasteiger partial charge in [-0.2, -0.15) is 0 Å². The zero-order chi connectivity index (χ0) is 17.5. The number of hydrogen-bond donors (Lipinski definition) is 0. The van der Waals surface area contributed by atoms with Crippen LogP contribution in [0.2, 0.25) is 0 Å². The topological polar surface area (TPSA) is 36.4 Å². The summed E-state index contributed by atoms with van der Waals surface area (Å²) in [5.74, 6) is 0.0922. The molecule has 4 heteroatoms. The molecule has 1 saturated heterocycles. The van der Waals surface area contributed by atoms with Crippen LogP contribution in [0.3, 0.4) is 0 Å². The summed E-state index contributed by atoms with van der Waals surface area (Å²) in [4.78, 5) is 20.8. The molecule has 0 saturated carbocycles. The van der Waals surface area contributed by atoms with Crippen molar-refractivity contribution < 1.29 is 4.79 Å². The number of piperidine rings is 1. The van der Waals surface area contributed by atoms with E-state index in [9.17, 15) is 4.79 Å². The molecule has 0 aliphatic carbocycles. The van der Waals surface area contributed by atoms with Crippen LogP contribution in [0.4, 0.5) is 0 Å². The number of pyridine rings is 1. The van der Waals surface area contributed by atoms with Gasteiger partial charge in [0.1, 0.15) is 0 Å². The van der Waals surface area contributed by atoms with E-state index in [1.807, 2.05) is 29.2 Å². The van der Waals surface area contributed by atoms with Crippen molar-refractivity contribution in [3.05, 3.63) is 72.1 Å². The highest BCUT2D eigenvalue weighted by Gasteiger charge is 2.25. The maximum absolute atomic E-state index is 12.5. The number of likely N-dealkylation sites (tertiary alicyclic amines) is 1. The first kappa shape index (κ1) is 17.4. The van der Waals surface area contributed by atoms with Crippen molar-refractivity contribution in [3.63, 3.8) is 0 Å². The minimum Gasteiger partial charge on any atom is -0.338 e. The fourth-order valence-electron chi connectivity index (χ4n) is 3.26. The lowest BCUT2D eigenvalue weighted by molar-refractivity contribution is -0.128. The molecule has 1 unspecified atom stereocenters. The third-order valence-corrected chi connectivity index (χ3v) is 4.73. The average molecular weight is 335 g/mol. The highest BCUT2D eigenvalue weighted by molar-refractivity contribution is 5.91. The van der Waals surface area contributed by atoms with Crippen molar-refractivity contribution >= 4 is 12.0 Å². The Kier molecular flexibility index (Phi) is 5.96. The van der Waals surface area contributed by atoms with Crippen molar-refractivity contribution in [1.82, 2.24) is 14.8 Å². The summed E-state index contributed by atoms with van der Waals surface area (Å²) in [6, 6.07) is 14.7. The van der Waals surface area contributed by atoms with Gasteiger partial charge in [-0.1, -0.05) is 30.3 Å². The van der Waals surface area contributed by atoms with Crippen molar-refractivity contribution in [2.24, 2.45) is 0 Å². The lowest BCUT2D eigenvalue weighted by Crippen LogP contribution is -2.47. The zero-order valence-corrected chi connectivity index (χ0v) is 14.7. The first-order valence-corrected chi connectivity index (χ1v) is 8.83. The van der Waals surface area contributed by atoms with Gasteiger partial charge in [0.05, 0.1) is 0 Å². The number of benzene rings is 1. The Balaban J connectivity index is 1.57. The Labute approximate surface area is 149 Å². The number of aromatic nitrogens is 1. The molecule has 0 spiro atoms. The average Bonchev–Trinajstić information content (AvgIpc) is 2.68. The second-order valence-corrected chi connectivity index (χ2v) is 6.59. The van der Waals surface area contributed by atoms with Gasteiger partial charge >= 0.3 is 0 Å². The van der Waals surface area contributed by atoms with E-state index in [2.05, 4.69) is 41.2 Å². The molecule has 1 aromatic carbocycles. The van der Waals surface area contributed by atoms with Crippen molar-refractivity contribution in [1.29, 1.82) is 0 Å².